The highest BCUT2D eigenvalue weighted by atomic mass is 32.1. The molecule has 26 heavy (non-hydrogen) atoms. The van der Waals surface area contributed by atoms with Crippen molar-refractivity contribution >= 4 is 17.4 Å². The highest BCUT2D eigenvalue weighted by Gasteiger charge is 2.26. The fraction of sp³-hybridized carbons (Fsp3) is 0.450. The highest BCUT2D eigenvalue weighted by molar-refractivity contribution is 7.10. The minimum atomic E-state index is -0.0753. The van der Waals surface area contributed by atoms with Crippen LogP contribution in [-0.4, -0.2) is 38.2 Å². The van der Waals surface area contributed by atoms with Crippen LogP contribution in [-0.2, 0) is 18.4 Å². The van der Waals surface area contributed by atoms with Gasteiger partial charge in [0.2, 0.25) is 0 Å². The van der Waals surface area contributed by atoms with Crippen LogP contribution in [0.1, 0.15) is 29.9 Å². The van der Waals surface area contributed by atoms with Gasteiger partial charge in [-0.1, -0.05) is 19.9 Å². The topological polar surface area (TPSA) is 50.8 Å². The molecule has 5 nitrogen and oxygen atoms in total. The summed E-state index contributed by atoms with van der Waals surface area (Å²) in [7, 11) is 3.27. The predicted octanol–water partition coefficient (Wildman–Crippen LogP) is 3.81. The van der Waals surface area contributed by atoms with Gasteiger partial charge in [0, 0.05) is 29.9 Å². The third kappa shape index (κ3) is 3.80. The Balaban J connectivity index is 1.65. The number of nitrogens with zero attached hydrogens (tertiary/aromatic N) is 1. The van der Waals surface area contributed by atoms with Crippen LogP contribution in [0.4, 0.5) is 4.79 Å². The zero-order valence-electron chi connectivity index (χ0n) is 15.8. The number of hydrogen-bond donors (Lipinski definition) is 1. The van der Waals surface area contributed by atoms with Crippen molar-refractivity contribution in [2.24, 2.45) is 0 Å². The normalized spacial score (nSPS) is 13.9. The first kappa shape index (κ1) is 18.6. The molecule has 0 saturated carbocycles. The first-order chi connectivity index (χ1) is 12.4. The van der Waals surface area contributed by atoms with Crippen molar-refractivity contribution in [3.05, 3.63) is 45.6 Å². The fourth-order valence-corrected chi connectivity index (χ4v) is 4.07. The number of urea groups is 1. The number of rotatable bonds is 5. The molecule has 1 N–H and O–H groups in total. The van der Waals surface area contributed by atoms with Crippen LogP contribution in [0.2, 0.25) is 0 Å². The largest absolute Gasteiger partial charge is 0.493 e. The van der Waals surface area contributed by atoms with Crippen molar-refractivity contribution in [3.63, 3.8) is 0 Å². The second-order valence-corrected chi connectivity index (χ2v) is 8.12. The zero-order valence-corrected chi connectivity index (χ0v) is 16.6. The molecule has 0 bridgehead atoms. The molecule has 1 aliphatic heterocycles. The molecular weight excluding hydrogens is 348 g/mol. The summed E-state index contributed by atoms with van der Waals surface area (Å²) >= 11 is 1.72. The van der Waals surface area contributed by atoms with Gasteiger partial charge in [-0.2, -0.15) is 0 Å². The van der Waals surface area contributed by atoms with Crippen LogP contribution in [0.15, 0.2) is 29.6 Å². The molecule has 0 aliphatic carbocycles. The fourth-order valence-electron chi connectivity index (χ4n) is 3.22. The maximum atomic E-state index is 12.7. The quantitative estimate of drug-likeness (QED) is 0.866. The van der Waals surface area contributed by atoms with Crippen molar-refractivity contribution in [2.45, 2.75) is 32.2 Å². The second-order valence-electron chi connectivity index (χ2n) is 7.17. The Morgan fingerprint density at radius 1 is 1.23 bits per heavy atom. The molecule has 1 aromatic carbocycles. The van der Waals surface area contributed by atoms with Crippen molar-refractivity contribution in [1.29, 1.82) is 0 Å². The van der Waals surface area contributed by atoms with E-state index in [2.05, 4.69) is 30.6 Å². The van der Waals surface area contributed by atoms with E-state index in [1.54, 1.807) is 25.6 Å². The summed E-state index contributed by atoms with van der Waals surface area (Å²) in [5, 5.41) is 5.17. The van der Waals surface area contributed by atoms with E-state index in [1.807, 2.05) is 23.1 Å². The molecule has 0 unspecified atom stereocenters. The van der Waals surface area contributed by atoms with Crippen LogP contribution in [0.5, 0.6) is 11.5 Å². The maximum Gasteiger partial charge on any atom is 0.317 e. The van der Waals surface area contributed by atoms with E-state index in [0.29, 0.717) is 25.4 Å². The standard InChI is InChI=1S/C20H26N2O3S/c1-20(2,18-6-5-9-26-18)13-21-19(23)22-8-7-14-10-16(24-3)17(25-4)11-15(14)12-22/h5-6,9-11H,7-8,12-13H2,1-4H3,(H,21,23). The third-order valence-corrected chi connectivity index (χ3v) is 6.11. The summed E-state index contributed by atoms with van der Waals surface area (Å²) < 4.78 is 10.8. The van der Waals surface area contributed by atoms with Gasteiger partial charge in [0.1, 0.15) is 0 Å². The first-order valence-corrected chi connectivity index (χ1v) is 9.63. The molecule has 0 radical (unpaired) electrons. The summed E-state index contributed by atoms with van der Waals surface area (Å²) in [5.74, 6) is 1.44. The van der Waals surface area contributed by atoms with Crippen LogP contribution in [0, 0.1) is 0 Å². The third-order valence-electron chi connectivity index (χ3n) is 4.88. The van der Waals surface area contributed by atoms with E-state index in [0.717, 1.165) is 17.7 Å². The van der Waals surface area contributed by atoms with Crippen LogP contribution >= 0.6 is 11.3 Å². The molecule has 1 aliphatic rings. The summed E-state index contributed by atoms with van der Waals surface area (Å²) in [6.07, 6.45) is 0.817. The highest BCUT2D eigenvalue weighted by Crippen LogP contribution is 2.33. The molecular formula is C20H26N2O3S. The van der Waals surface area contributed by atoms with Gasteiger partial charge >= 0.3 is 6.03 Å². The Hall–Kier alpha value is -2.21. The minimum Gasteiger partial charge on any atom is -0.493 e. The van der Waals surface area contributed by atoms with E-state index in [1.165, 1.54) is 10.4 Å². The smallest absolute Gasteiger partial charge is 0.317 e. The Morgan fingerprint density at radius 3 is 2.54 bits per heavy atom. The maximum absolute atomic E-state index is 12.7. The number of benzene rings is 1. The Kier molecular flexibility index (Phi) is 5.41. The van der Waals surface area contributed by atoms with Crippen LogP contribution in [0.25, 0.3) is 0 Å². The van der Waals surface area contributed by atoms with Crippen molar-refractivity contribution in [3.8, 4) is 11.5 Å². The van der Waals surface area contributed by atoms with Gasteiger partial charge in [-0.25, -0.2) is 4.79 Å². The van der Waals surface area contributed by atoms with Gasteiger partial charge < -0.3 is 19.7 Å². The SMILES string of the molecule is COc1cc2c(cc1OC)CN(C(=O)NCC(C)(C)c1cccs1)CC2. The lowest BCUT2D eigenvalue weighted by molar-refractivity contribution is 0.190. The predicted molar refractivity (Wildman–Crippen MR) is 104 cm³/mol. The van der Waals surface area contributed by atoms with Crippen molar-refractivity contribution < 1.29 is 14.3 Å². The average molecular weight is 375 g/mol. The van der Waals surface area contributed by atoms with Crippen LogP contribution < -0.4 is 14.8 Å². The van der Waals surface area contributed by atoms with Gasteiger partial charge in [0.15, 0.2) is 11.5 Å². The molecule has 0 atom stereocenters. The summed E-state index contributed by atoms with van der Waals surface area (Å²) in [6.45, 7) is 6.21. The number of carbonyl (C=O) groups is 1. The lowest BCUT2D eigenvalue weighted by Gasteiger charge is -2.31. The molecule has 140 valence electrons. The van der Waals surface area contributed by atoms with E-state index in [9.17, 15) is 4.79 Å². The Labute approximate surface area is 158 Å². The molecule has 0 spiro atoms. The molecule has 0 fully saturated rings. The molecule has 3 rings (SSSR count). The van der Waals surface area contributed by atoms with Gasteiger partial charge in [-0.05, 0) is 41.1 Å². The monoisotopic (exact) mass is 374 g/mol. The molecule has 2 aromatic rings. The lowest BCUT2D eigenvalue weighted by atomic mass is 9.91. The van der Waals surface area contributed by atoms with Crippen molar-refractivity contribution in [2.75, 3.05) is 27.3 Å². The van der Waals surface area contributed by atoms with E-state index in [-0.39, 0.29) is 11.4 Å². The van der Waals surface area contributed by atoms with E-state index < -0.39 is 0 Å². The number of amides is 2. The van der Waals surface area contributed by atoms with Gasteiger partial charge in [-0.3, -0.25) is 0 Å². The molecule has 0 saturated heterocycles. The minimum absolute atomic E-state index is 0.0185. The number of fused-ring (bicyclic) bond motifs is 1. The van der Waals surface area contributed by atoms with Gasteiger partial charge in [-0.15, -0.1) is 11.3 Å². The molecule has 2 heterocycles. The molecule has 2 amide bonds. The zero-order chi connectivity index (χ0) is 18.7. The number of methoxy groups -OCH3 is 2. The number of ether oxygens (including phenoxy) is 2. The lowest BCUT2D eigenvalue weighted by Crippen LogP contribution is -2.46. The number of nitrogens with one attached hydrogen (secondary N) is 1. The summed E-state index contributed by atoms with van der Waals surface area (Å²) in [5.41, 5.74) is 2.25. The van der Waals surface area contributed by atoms with Gasteiger partial charge in [0.05, 0.1) is 14.2 Å². The average Bonchev–Trinajstić information content (AvgIpc) is 3.20. The van der Waals surface area contributed by atoms with Gasteiger partial charge in [0.25, 0.3) is 0 Å². The second kappa shape index (κ2) is 7.58. The van der Waals surface area contributed by atoms with E-state index >= 15 is 0 Å². The molecule has 1 aromatic heterocycles. The number of hydrogen-bond acceptors (Lipinski definition) is 4. The van der Waals surface area contributed by atoms with Crippen molar-refractivity contribution in [1.82, 2.24) is 10.2 Å². The van der Waals surface area contributed by atoms with E-state index in [4.69, 9.17) is 9.47 Å². The Bertz CT molecular complexity index is 772. The first-order valence-electron chi connectivity index (χ1n) is 8.75. The number of thiophene rings is 1. The molecule has 6 heteroatoms. The Morgan fingerprint density at radius 2 is 1.92 bits per heavy atom. The summed E-state index contributed by atoms with van der Waals surface area (Å²) in [6, 6.07) is 8.14. The van der Waals surface area contributed by atoms with Crippen LogP contribution in [0.3, 0.4) is 0 Å². The summed E-state index contributed by atoms with van der Waals surface area (Å²) in [4.78, 5) is 15.8. The number of carbonyl (C=O) groups excluding carboxylic acids is 1.